The first-order chi connectivity index (χ1) is 3.63. The zero-order valence-corrected chi connectivity index (χ0v) is 7.04. The lowest BCUT2D eigenvalue weighted by Crippen LogP contribution is -1.99. The SMILES string of the molecule is CC1CCC[P+]1(C)C. The van der Waals surface area contributed by atoms with E-state index in [2.05, 4.69) is 20.3 Å². The minimum atomic E-state index is -0.384. The van der Waals surface area contributed by atoms with Gasteiger partial charge in [0, 0.05) is 20.6 Å². The molecule has 1 heterocycles. The van der Waals surface area contributed by atoms with Crippen molar-refractivity contribution in [3.05, 3.63) is 0 Å². The molecule has 0 aromatic carbocycles. The summed E-state index contributed by atoms with van der Waals surface area (Å²) in [6.07, 6.45) is 4.55. The van der Waals surface area contributed by atoms with E-state index in [4.69, 9.17) is 0 Å². The van der Waals surface area contributed by atoms with E-state index >= 15 is 0 Å². The summed E-state index contributed by atoms with van der Waals surface area (Å²) < 4.78 is 0. The van der Waals surface area contributed by atoms with E-state index in [1.807, 2.05) is 0 Å². The predicted molar refractivity (Wildman–Crippen MR) is 42.3 cm³/mol. The molecule has 0 amide bonds. The van der Waals surface area contributed by atoms with Crippen LogP contribution in [0.3, 0.4) is 0 Å². The van der Waals surface area contributed by atoms with Crippen LogP contribution in [0.2, 0.25) is 0 Å². The van der Waals surface area contributed by atoms with Gasteiger partial charge in [0.25, 0.3) is 0 Å². The summed E-state index contributed by atoms with van der Waals surface area (Å²) in [5, 5.41) is 0. The molecule has 0 spiro atoms. The number of hydrogen-bond donors (Lipinski definition) is 0. The molecular formula is C7H16P+. The minimum Gasteiger partial charge on any atom is -0.0283 e. The first-order valence-electron chi connectivity index (χ1n) is 3.45. The lowest BCUT2D eigenvalue weighted by molar-refractivity contribution is 0.834. The van der Waals surface area contributed by atoms with Crippen molar-refractivity contribution < 1.29 is 0 Å². The molecule has 0 saturated carbocycles. The number of rotatable bonds is 0. The second-order valence-corrected chi connectivity index (χ2v) is 8.38. The van der Waals surface area contributed by atoms with Crippen molar-refractivity contribution in [2.45, 2.75) is 25.4 Å². The molecule has 1 fully saturated rings. The van der Waals surface area contributed by atoms with Crippen molar-refractivity contribution in [2.24, 2.45) is 0 Å². The molecule has 0 aliphatic carbocycles. The normalized spacial score (nSPS) is 35.6. The van der Waals surface area contributed by atoms with Crippen LogP contribution in [0.15, 0.2) is 0 Å². The molecule has 1 aliphatic rings. The second kappa shape index (κ2) is 1.99. The average molecular weight is 131 g/mol. The molecule has 0 aromatic heterocycles. The van der Waals surface area contributed by atoms with Crippen LogP contribution in [0, 0.1) is 0 Å². The van der Waals surface area contributed by atoms with Crippen molar-refractivity contribution in [2.75, 3.05) is 19.5 Å². The first kappa shape index (κ1) is 6.55. The highest BCUT2D eigenvalue weighted by Gasteiger charge is 2.37. The Morgan fingerprint density at radius 1 is 1.38 bits per heavy atom. The van der Waals surface area contributed by atoms with Crippen LogP contribution in [0.1, 0.15) is 19.8 Å². The topological polar surface area (TPSA) is 0 Å². The fraction of sp³-hybridized carbons (Fsp3) is 1.00. The Bertz CT molecular complexity index is 86.4. The Hall–Kier alpha value is 0.430. The van der Waals surface area contributed by atoms with Crippen LogP contribution < -0.4 is 0 Å². The summed E-state index contributed by atoms with van der Waals surface area (Å²) in [4.78, 5) is 0. The highest BCUT2D eigenvalue weighted by atomic mass is 31.2. The zero-order valence-electron chi connectivity index (χ0n) is 6.15. The Morgan fingerprint density at radius 2 is 2.00 bits per heavy atom. The molecule has 0 bridgehead atoms. The Morgan fingerprint density at radius 3 is 2.12 bits per heavy atom. The van der Waals surface area contributed by atoms with E-state index in [-0.39, 0.29) is 7.26 Å². The molecule has 1 saturated heterocycles. The van der Waals surface area contributed by atoms with Gasteiger partial charge in [-0.25, -0.2) is 0 Å². The summed E-state index contributed by atoms with van der Waals surface area (Å²) in [6.45, 7) is 7.40. The van der Waals surface area contributed by atoms with Gasteiger partial charge in [0.1, 0.15) is 0 Å². The molecule has 0 N–H and O–H groups in total. The maximum absolute atomic E-state index is 2.49. The molecular weight excluding hydrogens is 115 g/mol. The van der Waals surface area contributed by atoms with E-state index < -0.39 is 0 Å². The first-order valence-corrected chi connectivity index (χ1v) is 6.39. The van der Waals surface area contributed by atoms with Crippen molar-refractivity contribution in [3.63, 3.8) is 0 Å². The van der Waals surface area contributed by atoms with E-state index in [1.54, 1.807) is 6.16 Å². The van der Waals surface area contributed by atoms with Crippen LogP contribution in [0.5, 0.6) is 0 Å². The van der Waals surface area contributed by atoms with Gasteiger partial charge in [-0.1, -0.05) is 0 Å². The summed E-state index contributed by atoms with van der Waals surface area (Å²) in [7, 11) is -0.384. The quantitative estimate of drug-likeness (QED) is 0.443. The van der Waals surface area contributed by atoms with Crippen LogP contribution in [0.25, 0.3) is 0 Å². The predicted octanol–water partition coefficient (Wildman–Crippen LogP) is 2.45. The van der Waals surface area contributed by atoms with E-state index in [1.165, 1.54) is 12.8 Å². The lowest BCUT2D eigenvalue weighted by Gasteiger charge is -2.15. The van der Waals surface area contributed by atoms with Gasteiger partial charge < -0.3 is 0 Å². The summed E-state index contributed by atoms with van der Waals surface area (Å²) in [5.74, 6) is 0. The maximum Gasteiger partial charge on any atom is 0.0665 e. The molecule has 1 rings (SSSR count). The molecule has 0 radical (unpaired) electrons. The summed E-state index contributed by atoms with van der Waals surface area (Å²) >= 11 is 0. The molecule has 48 valence electrons. The minimum absolute atomic E-state index is 0.384. The van der Waals surface area contributed by atoms with Crippen LogP contribution in [0.4, 0.5) is 0 Å². The van der Waals surface area contributed by atoms with E-state index in [9.17, 15) is 0 Å². The molecule has 0 aromatic rings. The van der Waals surface area contributed by atoms with Crippen molar-refractivity contribution in [3.8, 4) is 0 Å². The van der Waals surface area contributed by atoms with Crippen molar-refractivity contribution >= 4 is 7.26 Å². The van der Waals surface area contributed by atoms with Crippen molar-refractivity contribution in [1.82, 2.24) is 0 Å². The Kier molecular flexibility index (Phi) is 1.63. The molecule has 8 heavy (non-hydrogen) atoms. The maximum atomic E-state index is 2.49. The third-order valence-corrected chi connectivity index (χ3v) is 6.66. The zero-order chi connectivity index (χ0) is 6.20. The monoisotopic (exact) mass is 131 g/mol. The van der Waals surface area contributed by atoms with Gasteiger partial charge >= 0.3 is 0 Å². The molecule has 0 nitrogen and oxygen atoms in total. The second-order valence-electron chi connectivity index (χ2n) is 3.49. The van der Waals surface area contributed by atoms with Gasteiger partial charge in [-0.05, 0) is 19.8 Å². The fourth-order valence-corrected chi connectivity index (χ4v) is 3.68. The largest absolute Gasteiger partial charge is 0.0665 e. The van der Waals surface area contributed by atoms with E-state index in [0.29, 0.717) is 0 Å². The van der Waals surface area contributed by atoms with Gasteiger partial charge in [0.05, 0.1) is 11.8 Å². The molecule has 1 atom stereocenters. The Labute approximate surface area is 53.0 Å². The Balaban J connectivity index is 2.54. The standard InChI is InChI=1S/C7H16P/c1-7-5-4-6-8(7,2)3/h7H,4-6H2,1-3H3/q+1. The fourth-order valence-electron chi connectivity index (χ4n) is 1.36. The van der Waals surface area contributed by atoms with Gasteiger partial charge in [-0.15, -0.1) is 0 Å². The lowest BCUT2D eigenvalue weighted by atomic mass is 10.3. The summed E-state index contributed by atoms with van der Waals surface area (Å²) in [6, 6.07) is 0. The van der Waals surface area contributed by atoms with Gasteiger partial charge in [-0.3, -0.25) is 0 Å². The van der Waals surface area contributed by atoms with Crippen molar-refractivity contribution in [1.29, 1.82) is 0 Å². The third kappa shape index (κ3) is 1.05. The highest BCUT2D eigenvalue weighted by Crippen LogP contribution is 2.62. The van der Waals surface area contributed by atoms with E-state index in [0.717, 1.165) is 5.66 Å². The summed E-state index contributed by atoms with van der Waals surface area (Å²) in [5.41, 5.74) is 1.07. The van der Waals surface area contributed by atoms with Crippen LogP contribution >= 0.6 is 7.26 Å². The molecule has 1 heteroatoms. The van der Waals surface area contributed by atoms with Crippen LogP contribution in [-0.2, 0) is 0 Å². The van der Waals surface area contributed by atoms with Crippen LogP contribution in [-0.4, -0.2) is 25.2 Å². The third-order valence-electron chi connectivity index (χ3n) is 2.55. The average Bonchev–Trinajstić information content (AvgIpc) is 1.86. The van der Waals surface area contributed by atoms with Gasteiger partial charge in [0.2, 0.25) is 0 Å². The molecule has 1 unspecified atom stereocenters. The number of hydrogen-bond acceptors (Lipinski definition) is 0. The van der Waals surface area contributed by atoms with Gasteiger partial charge in [-0.2, -0.15) is 0 Å². The highest BCUT2D eigenvalue weighted by molar-refractivity contribution is 7.75. The smallest absolute Gasteiger partial charge is 0.0283 e. The van der Waals surface area contributed by atoms with Gasteiger partial charge in [0.15, 0.2) is 0 Å². The molecule has 1 aliphatic heterocycles.